The first kappa shape index (κ1) is 16.1. The van der Waals surface area contributed by atoms with Gasteiger partial charge in [0.15, 0.2) is 0 Å². The van der Waals surface area contributed by atoms with E-state index in [1.54, 1.807) is 6.92 Å². The van der Waals surface area contributed by atoms with Crippen LogP contribution in [0.5, 0.6) is 0 Å². The number of hydrogen-bond donors (Lipinski definition) is 2. The quantitative estimate of drug-likeness (QED) is 0.758. The normalized spacial score (nSPS) is 33.6. The fraction of sp³-hybridized carbons (Fsp3) is 0.846. The Morgan fingerprint density at radius 3 is 2.62 bits per heavy atom. The Balaban J connectivity index is 1.90. The molecule has 1 unspecified atom stereocenters. The monoisotopic (exact) mass is 308 g/mol. The van der Waals surface area contributed by atoms with Crippen LogP contribution in [0.15, 0.2) is 0 Å². The number of rotatable bonds is 3. The molecule has 8 heteroatoms. The molecule has 2 N–H and O–H groups in total. The lowest BCUT2D eigenvalue weighted by Crippen LogP contribution is -2.57. The van der Waals surface area contributed by atoms with Gasteiger partial charge in [-0.25, -0.2) is 0 Å². The minimum Gasteiger partial charge on any atom is -0.390 e. The lowest BCUT2D eigenvalue weighted by molar-refractivity contribution is -0.168. The van der Waals surface area contributed by atoms with Gasteiger partial charge in [0.05, 0.1) is 5.60 Å². The fourth-order valence-corrected chi connectivity index (χ4v) is 2.96. The Bertz CT molecular complexity index is 429. The summed E-state index contributed by atoms with van der Waals surface area (Å²) in [6.45, 7) is 0.362. The predicted molar refractivity (Wildman–Crippen MR) is 67.1 cm³/mol. The second-order valence-corrected chi connectivity index (χ2v) is 6.18. The van der Waals surface area contributed by atoms with E-state index in [-0.39, 0.29) is 19.0 Å². The van der Waals surface area contributed by atoms with Crippen LogP contribution in [0.2, 0.25) is 0 Å². The van der Waals surface area contributed by atoms with Gasteiger partial charge in [-0.1, -0.05) is 0 Å². The van der Waals surface area contributed by atoms with E-state index in [2.05, 4.69) is 5.32 Å². The van der Waals surface area contributed by atoms with Crippen molar-refractivity contribution in [1.29, 1.82) is 0 Å². The maximum absolute atomic E-state index is 12.4. The minimum absolute atomic E-state index is 0.0280. The van der Waals surface area contributed by atoms with Crippen LogP contribution in [0.1, 0.15) is 32.6 Å². The molecule has 0 aromatic carbocycles. The molecule has 2 amide bonds. The van der Waals surface area contributed by atoms with Gasteiger partial charge in [0, 0.05) is 12.6 Å². The zero-order chi connectivity index (χ0) is 15.8. The van der Waals surface area contributed by atoms with Crippen LogP contribution in [0.4, 0.5) is 13.2 Å². The lowest BCUT2D eigenvalue weighted by Gasteiger charge is -2.42. The van der Waals surface area contributed by atoms with Gasteiger partial charge in [0.1, 0.15) is 12.5 Å². The minimum atomic E-state index is -4.46. The van der Waals surface area contributed by atoms with Crippen molar-refractivity contribution in [3.63, 3.8) is 0 Å². The highest BCUT2D eigenvalue weighted by Gasteiger charge is 2.43. The van der Waals surface area contributed by atoms with E-state index in [9.17, 15) is 27.9 Å². The highest BCUT2D eigenvalue weighted by Crippen LogP contribution is 2.32. The van der Waals surface area contributed by atoms with Crippen molar-refractivity contribution in [2.75, 3.05) is 13.1 Å². The Hall–Kier alpha value is -1.31. The number of amides is 2. The summed E-state index contributed by atoms with van der Waals surface area (Å²) in [7, 11) is 0. The van der Waals surface area contributed by atoms with Gasteiger partial charge >= 0.3 is 6.18 Å². The Morgan fingerprint density at radius 2 is 2.10 bits per heavy atom. The first-order valence-electron chi connectivity index (χ1n) is 6.96. The van der Waals surface area contributed by atoms with Crippen LogP contribution >= 0.6 is 0 Å². The first-order chi connectivity index (χ1) is 9.57. The van der Waals surface area contributed by atoms with Crippen molar-refractivity contribution in [3.05, 3.63) is 0 Å². The van der Waals surface area contributed by atoms with Crippen molar-refractivity contribution in [2.45, 2.75) is 50.4 Å². The standard InChI is InChI=1S/C13H19F3N2O3/c1-12(21)5-8(6-12)17-10(19)9-3-2-4-18(11(9)20)7-13(14,15)16/h8-9,21H,2-7H2,1H3,(H,17,19). The molecule has 21 heavy (non-hydrogen) atoms. The van der Waals surface area contributed by atoms with Crippen LogP contribution in [0, 0.1) is 5.92 Å². The van der Waals surface area contributed by atoms with Gasteiger partial charge in [0.2, 0.25) is 11.8 Å². The summed E-state index contributed by atoms with van der Waals surface area (Å²) in [5, 5.41) is 12.2. The van der Waals surface area contributed by atoms with E-state index in [0.717, 1.165) is 0 Å². The maximum atomic E-state index is 12.4. The molecule has 2 aliphatic rings. The van der Waals surface area contributed by atoms with Gasteiger partial charge in [-0.2, -0.15) is 13.2 Å². The maximum Gasteiger partial charge on any atom is 0.406 e. The van der Waals surface area contributed by atoms with Gasteiger partial charge in [0.25, 0.3) is 0 Å². The molecular formula is C13H19F3N2O3. The molecule has 1 aliphatic carbocycles. The number of halogens is 3. The van der Waals surface area contributed by atoms with Gasteiger partial charge in [-0.05, 0) is 32.6 Å². The van der Waals surface area contributed by atoms with E-state index in [1.807, 2.05) is 0 Å². The summed E-state index contributed by atoms with van der Waals surface area (Å²) in [6.07, 6.45) is -3.02. The summed E-state index contributed by atoms with van der Waals surface area (Å²) in [4.78, 5) is 24.7. The summed E-state index contributed by atoms with van der Waals surface area (Å²) >= 11 is 0. The molecule has 2 rings (SSSR count). The van der Waals surface area contributed by atoms with E-state index in [1.165, 1.54) is 0 Å². The molecule has 2 fully saturated rings. The number of alkyl halides is 3. The van der Waals surface area contributed by atoms with Crippen molar-refractivity contribution < 1.29 is 27.9 Å². The van der Waals surface area contributed by atoms with Gasteiger partial charge < -0.3 is 15.3 Å². The van der Waals surface area contributed by atoms with Crippen LogP contribution in [-0.4, -0.2) is 52.7 Å². The van der Waals surface area contributed by atoms with Gasteiger partial charge in [-0.15, -0.1) is 0 Å². The molecule has 0 spiro atoms. The molecular weight excluding hydrogens is 289 g/mol. The molecule has 120 valence electrons. The van der Waals surface area contributed by atoms with Crippen molar-refractivity contribution in [2.24, 2.45) is 5.92 Å². The average molecular weight is 308 g/mol. The van der Waals surface area contributed by atoms with Crippen molar-refractivity contribution in [3.8, 4) is 0 Å². The van der Waals surface area contributed by atoms with Crippen LogP contribution < -0.4 is 5.32 Å². The second kappa shape index (κ2) is 5.47. The topological polar surface area (TPSA) is 69.6 Å². The average Bonchev–Trinajstić information content (AvgIpc) is 2.27. The smallest absolute Gasteiger partial charge is 0.390 e. The number of nitrogens with one attached hydrogen (secondary N) is 1. The van der Waals surface area contributed by atoms with E-state index >= 15 is 0 Å². The zero-order valence-electron chi connectivity index (χ0n) is 11.7. The van der Waals surface area contributed by atoms with Crippen molar-refractivity contribution in [1.82, 2.24) is 10.2 Å². The third kappa shape index (κ3) is 4.09. The number of nitrogens with zero attached hydrogens (tertiary/aromatic N) is 1. The highest BCUT2D eigenvalue weighted by atomic mass is 19.4. The number of carbonyl (C=O) groups excluding carboxylic acids is 2. The van der Waals surface area contributed by atoms with Crippen molar-refractivity contribution >= 4 is 11.8 Å². The Labute approximate surface area is 120 Å². The number of hydrogen-bond acceptors (Lipinski definition) is 3. The summed E-state index contributed by atoms with van der Waals surface area (Å²) in [5.41, 5.74) is -0.809. The number of piperidine rings is 1. The molecule has 1 atom stereocenters. The second-order valence-electron chi connectivity index (χ2n) is 6.18. The van der Waals surface area contributed by atoms with Crippen LogP contribution in [0.25, 0.3) is 0 Å². The first-order valence-corrected chi connectivity index (χ1v) is 6.96. The molecule has 1 saturated carbocycles. The molecule has 5 nitrogen and oxygen atoms in total. The number of likely N-dealkylation sites (tertiary alicyclic amines) is 1. The zero-order valence-corrected chi connectivity index (χ0v) is 11.7. The molecule has 0 bridgehead atoms. The SMILES string of the molecule is CC1(O)CC(NC(=O)C2CCCN(CC(F)(F)F)C2=O)C1. The lowest BCUT2D eigenvalue weighted by atomic mass is 9.77. The molecule has 1 saturated heterocycles. The molecule has 1 heterocycles. The Morgan fingerprint density at radius 1 is 1.48 bits per heavy atom. The van der Waals surface area contributed by atoms with E-state index < -0.39 is 36.1 Å². The molecule has 0 aromatic heterocycles. The largest absolute Gasteiger partial charge is 0.406 e. The molecule has 0 radical (unpaired) electrons. The van der Waals surface area contributed by atoms with E-state index in [0.29, 0.717) is 24.2 Å². The van der Waals surface area contributed by atoms with Crippen LogP contribution in [-0.2, 0) is 9.59 Å². The molecule has 1 aliphatic heterocycles. The summed E-state index contributed by atoms with van der Waals surface area (Å²) in [5.74, 6) is -2.35. The van der Waals surface area contributed by atoms with E-state index in [4.69, 9.17) is 0 Å². The third-order valence-electron chi connectivity index (χ3n) is 3.94. The summed E-state index contributed by atoms with van der Waals surface area (Å²) in [6, 6.07) is -0.210. The molecule has 0 aromatic rings. The number of aliphatic hydroxyl groups is 1. The third-order valence-corrected chi connectivity index (χ3v) is 3.94. The number of carbonyl (C=O) groups is 2. The van der Waals surface area contributed by atoms with Crippen LogP contribution in [0.3, 0.4) is 0 Å². The summed E-state index contributed by atoms with van der Waals surface area (Å²) < 4.78 is 37.1. The Kier molecular flexibility index (Phi) is 4.19. The van der Waals surface area contributed by atoms with Gasteiger partial charge in [-0.3, -0.25) is 9.59 Å². The fourth-order valence-electron chi connectivity index (χ4n) is 2.96. The highest BCUT2D eigenvalue weighted by molar-refractivity contribution is 6.00. The predicted octanol–water partition coefficient (Wildman–Crippen LogP) is 0.817.